The van der Waals surface area contributed by atoms with E-state index in [0.717, 1.165) is 12.2 Å². The first-order valence-corrected chi connectivity index (χ1v) is 11.3. The van der Waals surface area contributed by atoms with Crippen LogP contribution in [0.4, 0.5) is 0 Å². The minimum absolute atomic E-state index is 0.0428. The molecule has 8 nitrogen and oxygen atoms in total. The van der Waals surface area contributed by atoms with Crippen LogP contribution < -0.4 is 0 Å². The molecule has 0 aromatic rings. The van der Waals surface area contributed by atoms with Gasteiger partial charge >= 0.3 is 11.9 Å². The topological polar surface area (TPSA) is 130 Å². The Bertz CT molecular complexity index is 990. The van der Waals surface area contributed by atoms with Gasteiger partial charge in [-0.25, -0.2) is 9.59 Å². The fourth-order valence-corrected chi connectivity index (χ4v) is 6.95. The Balaban J connectivity index is 1.82. The molecule has 2 saturated carbocycles. The van der Waals surface area contributed by atoms with Crippen molar-refractivity contribution in [2.45, 2.75) is 51.9 Å². The summed E-state index contributed by atoms with van der Waals surface area (Å²) in [6.45, 7) is 7.22. The average Bonchev–Trinajstić information content (AvgIpc) is 3.26. The summed E-state index contributed by atoms with van der Waals surface area (Å²) in [5.41, 5.74) is -3.18. The van der Waals surface area contributed by atoms with Gasteiger partial charge in [0.1, 0.15) is 6.10 Å². The molecule has 0 amide bonds. The van der Waals surface area contributed by atoms with Crippen LogP contribution in [0, 0.1) is 34.5 Å². The highest BCUT2D eigenvalue weighted by Crippen LogP contribution is 2.71. The lowest BCUT2D eigenvalue weighted by atomic mass is 9.59. The van der Waals surface area contributed by atoms with Gasteiger partial charge < -0.3 is 24.8 Å². The fourth-order valence-electron chi connectivity index (χ4n) is 6.95. The molecular formula is C25H32O8. The number of carbonyl (C=O) groups is 3. The SMILES string of the molecule is COC(=O)C=CC(=O)O[C@H]1C(C)=C[C@]23C(=O)[C@@H](C=C(CO)[C@@H](O)[C@]12O)[C@H]1[C@@H](C[C@H]3C)C1(C)C. The summed E-state index contributed by atoms with van der Waals surface area (Å²) < 4.78 is 10.0. The van der Waals surface area contributed by atoms with Gasteiger partial charge in [-0.05, 0) is 47.7 Å². The average molecular weight is 461 g/mol. The van der Waals surface area contributed by atoms with E-state index in [2.05, 4.69) is 18.6 Å². The smallest absolute Gasteiger partial charge is 0.331 e. The standard InChI is InChI=1S/C25H32O8/c1-12-10-24-13(2)8-16-19(23(16,3)4)15(21(24)30)9-14(11-26)20(29)25(24,31)22(12)33-18(28)7-6-17(27)32-5/h6-7,9-10,13,15-16,19-20,22,26,29,31H,8,11H2,1-5H3/t13-,15+,16-,19+,20-,22+,24+,25+/m1/s1. The predicted molar refractivity (Wildman–Crippen MR) is 116 cm³/mol. The van der Waals surface area contributed by atoms with E-state index >= 15 is 0 Å². The van der Waals surface area contributed by atoms with Crippen LogP contribution in [0.1, 0.15) is 34.1 Å². The maximum absolute atomic E-state index is 14.2. The number of ether oxygens (including phenoxy) is 2. The molecular weight excluding hydrogens is 428 g/mol. The number of methoxy groups -OCH3 is 1. The summed E-state index contributed by atoms with van der Waals surface area (Å²) >= 11 is 0. The number of aliphatic hydroxyl groups excluding tert-OH is 2. The van der Waals surface area contributed by atoms with Gasteiger partial charge in [0.05, 0.1) is 19.1 Å². The fraction of sp³-hybridized carbons (Fsp3) is 0.640. The van der Waals surface area contributed by atoms with Gasteiger partial charge in [0, 0.05) is 18.1 Å². The van der Waals surface area contributed by atoms with Crippen LogP contribution in [0.25, 0.3) is 0 Å². The van der Waals surface area contributed by atoms with Crippen molar-refractivity contribution < 1.29 is 39.2 Å². The summed E-state index contributed by atoms with van der Waals surface area (Å²) in [6, 6.07) is 0. The van der Waals surface area contributed by atoms with Crippen molar-refractivity contribution in [1.82, 2.24) is 0 Å². The number of hydrogen-bond acceptors (Lipinski definition) is 8. The summed E-state index contributed by atoms with van der Waals surface area (Å²) in [5, 5.41) is 33.6. The number of hydrogen-bond donors (Lipinski definition) is 3. The van der Waals surface area contributed by atoms with Crippen LogP contribution in [0.3, 0.4) is 0 Å². The van der Waals surface area contributed by atoms with Crippen molar-refractivity contribution in [2.24, 2.45) is 34.5 Å². The molecule has 2 fully saturated rings. The van der Waals surface area contributed by atoms with Crippen molar-refractivity contribution in [3.8, 4) is 0 Å². The molecule has 3 N–H and O–H groups in total. The molecule has 0 unspecified atom stereocenters. The normalized spacial score (nSPS) is 43.0. The van der Waals surface area contributed by atoms with Crippen LogP contribution in [0.15, 0.2) is 35.5 Å². The zero-order valence-electron chi connectivity index (χ0n) is 19.6. The Hall–Kier alpha value is -2.29. The number of esters is 2. The van der Waals surface area contributed by atoms with Gasteiger partial charge in [-0.15, -0.1) is 0 Å². The van der Waals surface area contributed by atoms with E-state index in [0.29, 0.717) is 12.0 Å². The highest BCUT2D eigenvalue weighted by atomic mass is 16.6. The monoisotopic (exact) mass is 460 g/mol. The quantitative estimate of drug-likeness (QED) is 0.323. The summed E-state index contributed by atoms with van der Waals surface area (Å²) in [6.07, 6.45) is 2.74. The molecule has 4 rings (SSSR count). The van der Waals surface area contributed by atoms with E-state index in [4.69, 9.17) is 4.74 Å². The van der Waals surface area contributed by atoms with Crippen molar-refractivity contribution in [2.75, 3.05) is 13.7 Å². The number of Topliss-reactive ketones (excluding diaryl/α,β-unsaturated/α-hetero) is 1. The first kappa shape index (κ1) is 23.9. The molecule has 8 atom stereocenters. The maximum atomic E-state index is 14.2. The van der Waals surface area contributed by atoms with E-state index in [9.17, 15) is 29.7 Å². The number of allylic oxidation sites excluding steroid dienone is 1. The summed E-state index contributed by atoms with van der Waals surface area (Å²) in [4.78, 5) is 38.0. The maximum Gasteiger partial charge on any atom is 0.331 e. The molecule has 4 aliphatic carbocycles. The van der Waals surface area contributed by atoms with Crippen LogP contribution in [0.2, 0.25) is 0 Å². The molecule has 2 bridgehead atoms. The van der Waals surface area contributed by atoms with Crippen LogP contribution in [-0.4, -0.2) is 64.6 Å². The minimum atomic E-state index is -2.20. The van der Waals surface area contributed by atoms with Crippen LogP contribution in [-0.2, 0) is 23.9 Å². The van der Waals surface area contributed by atoms with E-state index in [-0.39, 0.29) is 34.5 Å². The molecule has 0 aliphatic heterocycles. The molecule has 0 saturated heterocycles. The lowest BCUT2D eigenvalue weighted by molar-refractivity contribution is -0.201. The largest absolute Gasteiger partial charge is 0.466 e. The third-order valence-corrected chi connectivity index (χ3v) is 8.69. The number of carbonyl (C=O) groups excluding carboxylic acids is 3. The van der Waals surface area contributed by atoms with Gasteiger partial charge in [-0.2, -0.15) is 0 Å². The molecule has 0 aromatic carbocycles. The lowest BCUT2D eigenvalue weighted by Crippen LogP contribution is -2.65. The minimum Gasteiger partial charge on any atom is -0.466 e. The van der Waals surface area contributed by atoms with Gasteiger partial charge in [0.25, 0.3) is 0 Å². The highest BCUT2D eigenvalue weighted by Gasteiger charge is 2.76. The Kier molecular flexibility index (Phi) is 5.50. The lowest BCUT2D eigenvalue weighted by Gasteiger charge is -2.48. The van der Waals surface area contributed by atoms with Gasteiger partial charge in [0.15, 0.2) is 17.5 Å². The number of fused-ring (bicyclic) bond motifs is 3. The Morgan fingerprint density at radius 2 is 1.88 bits per heavy atom. The molecule has 0 heterocycles. The second-order valence-corrected chi connectivity index (χ2v) is 10.5. The second kappa shape index (κ2) is 7.61. The van der Waals surface area contributed by atoms with E-state index < -0.39 is 47.7 Å². The van der Waals surface area contributed by atoms with E-state index in [1.54, 1.807) is 19.1 Å². The van der Waals surface area contributed by atoms with Crippen molar-refractivity contribution in [3.05, 3.63) is 35.5 Å². The first-order valence-electron chi connectivity index (χ1n) is 11.3. The van der Waals surface area contributed by atoms with E-state index in [1.165, 1.54) is 7.11 Å². The zero-order valence-corrected chi connectivity index (χ0v) is 19.6. The Labute approximate surface area is 193 Å². The summed E-state index contributed by atoms with van der Waals surface area (Å²) in [7, 11) is 1.17. The number of rotatable bonds is 4. The predicted octanol–water partition coefficient (Wildman–Crippen LogP) is 1.10. The molecule has 4 aliphatic rings. The molecule has 8 heteroatoms. The van der Waals surface area contributed by atoms with Crippen molar-refractivity contribution >= 4 is 17.7 Å². The van der Waals surface area contributed by atoms with Gasteiger partial charge in [-0.3, -0.25) is 4.79 Å². The molecule has 180 valence electrons. The zero-order chi connectivity index (χ0) is 24.5. The van der Waals surface area contributed by atoms with Gasteiger partial charge in [0.2, 0.25) is 0 Å². The molecule has 33 heavy (non-hydrogen) atoms. The third kappa shape index (κ3) is 3.03. The number of ketones is 1. The Morgan fingerprint density at radius 3 is 2.48 bits per heavy atom. The van der Waals surface area contributed by atoms with Crippen molar-refractivity contribution in [1.29, 1.82) is 0 Å². The summed E-state index contributed by atoms with van der Waals surface area (Å²) in [5.74, 6) is -2.52. The first-order chi connectivity index (χ1) is 15.4. The highest BCUT2D eigenvalue weighted by molar-refractivity contribution is 5.96. The Morgan fingerprint density at radius 1 is 1.24 bits per heavy atom. The molecule has 0 radical (unpaired) electrons. The molecule has 0 aromatic heterocycles. The second-order valence-electron chi connectivity index (χ2n) is 10.5. The van der Waals surface area contributed by atoms with E-state index in [1.807, 2.05) is 6.92 Å². The van der Waals surface area contributed by atoms with Crippen molar-refractivity contribution in [3.63, 3.8) is 0 Å². The number of aliphatic hydroxyl groups is 3. The van der Waals surface area contributed by atoms with Crippen LogP contribution >= 0.6 is 0 Å². The third-order valence-electron chi connectivity index (χ3n) is 8.69. The van der Waals surface area contributed by atoms with Crippen LogP contribution in [0.5, 0.6) is 0 Å². The van der Waals surface area contributed by atoms with Gasteiger partial charge in [-0.1, -0.05) is 32.9 Å². The molecule has 1 spiro atoms.